The van der Waals surface area contributed by atoms with Crippen molar-refractivity contribution in [1.82, 2.24) is 14.9 Å². The molecule has 3 heterocycles. The minimum atomic E-state index is 0.374. The van der Waals surface area contributed by atoms with Crippen molar-refractivity contribution in [1.29, 1.82) is 0 Å². The Kier molecular flexibility index (Phi) is 5.64. The van der Waals surface area contributed by atoms with Crippen LogP contribution < -0.4 is 9.80 Å². The molecule has 5 nitrogen and oxygen atoms in total. The maximum atomic E-state index is 4.58. The molecule has 0 radical (unpaired) electrons. The highest BCUT2D eigenvalue weighted by Crippen LogP contribution is 2.18. The van der Waals surface area contributed by atoms with E-state index in [0.717, 1.165) is 50.9 Å². The van der Waals surface area contributed by atoms with Gasteiger partial charge in [-0.3, -0.25) is 0 Å². The van der Waals surface area contributed by atoms with Crippen LogP contribution in [0.2, 0.25) is 0 Å². The quantitative estimate of drug-likeness (QED) is 0.866. The number of rotatable bonds is 3. The summed E-state index contributed by atoms with van der Waals surface area (Å²) in [5.41, 5.74) is 0. The standard InChI is InChI=1S/C19H27N5/c1-3-22-12-14-23(18-8-4-6-10-20-18)16-17(2)24(15-13-22)19-9-5-7-11-21-19/h4-11,17H,3,12-16H2,1-2H3. The van der Waals surface area contributed by atoms with Crippen LogP contribution in [0.3, 0.4) is 0 Å². The summed E-state index contributed by atoms with van der Waals surface area (Å²) in [7, 11) is 0. The fraction of sp³-hybridized carbons (Fsp3) is 0.474. The second-order valence-electron chi connectivity index (χ2n) is 6.30. The molecule has 5 heteroatoms. The first kappa shape index (κ1) is 16.7. The van der Waals surface area contributed by atoms with Crippen molar-refractivity contribution in [3.05, 3.63) is 48.8 Å². The Labute approximate surface area is 144 Å². The highest BCUT2D eigenvalue weighted by Gasteiger charge is 2.22. The van der Waals surface area contributed by atoms with Gasteiger partial charge in [-0.05, 0) is 37.7 Å². The molecule has 0 amide bonds. The average molecular weight is 325 g/mol. The number of aromatic nitrogens is 2. The zero-order valence-corrected chi connectivity index (χ0v) is 14.7. The monoisotopic (exact) mass is 325 g/mol. The van der Waals surface area contributed by atoms with Gasteiger partial charge in [0, 0.05) is 51.2 Å². The molecule has 0 spiro atoms. The largest absolute Gasteiger partial charge is 0.353 e. The summed E-state index contributed by atoms with van der Waals surface area (Å²) >= 11 is 0. The maximum absolute atomic E-state index is 4.58. The molecule has 0 aliphatic carbocycles. The molecular formula is C19H27N5. The van der Waals surface area contributed by atoms with Gasteiger partial charge in [0.2, 0.25) is 0 Å². The Morgan fingerprint density at radius 1 is 0.917 bits per heavy atom. The number of anilines is 2. The molecule has 1 fully saturated rings. The fourth-order valence-corrected chi connectivity index (χ4v) is 3.28. The molecular weight excluding hydrogens is 298 g/mol. The third kappa shape index (κ3) is 4.03. The molecule has 24 heavy (non-hydrogen) atoms. The van der Waals surface area contributed by atoms with Crippen molar-refractivity contribution in [2.75, 3.05) is 49.1 Å². The van der Waals surface area contributed by atoms with Crippen molar-refractivity contribution in [3.8, 4) is 0 Å². The van der Waals surface area contributed by atoms with Crippen molar-refractivity contribution in [2.45, 2.75) is 19.9 Å². The van der Waals surface area contributed by atoms with Crippen molar-refractivity contribution in [2.24, 2.45) is 0 Å². The molecule has 2 aromatic rings. The van der Waals surface area contributed by atoms with Crippen LogP contribution in [0.5, 0.6) is 0 Å². The normalized spacial score (nSPS) is 20.3. The molecule has 128 valence electrons. The van der Waals surface area contributed by atoms with Crippen molar-refractivity contribution < 1.29 is 0 Å². The third-order valence-electron chi connectivity index (χ3n) is 4.72. The maximum Gasteiger partial charge on any atom is 0.128 e. The van der Waals surface area contributed by atoms with E-state index in [4.69, 9.17) is 0 Å². The van der Waals surface area contributed by atoms with Crippen LogP contribution in [-0.2, 0) is 0 Å². The van der Waals surface area contributed by atoms with Crippen LogP contribution in [0.1, 0.15) is 13.8 Å². The van der Waals surface area contributed by atoms with E-state index in [1.165, 1.54) is 0 Å². The summed E-state index contributed by atoms with van der Waals surface area (Å²) in [5, 5.41) is 0. The molecule has 1 aliphatic heterocycles. The topological polar surface area (TPSA) is 35.5 Å². The molecule has 1 saturated heterocycles. The number of hydrogen-bond acceptors (Lipinski definition) is 5. The molecule has 0 aromatic carbocycles. The van der Waals surface area contributed by atoms with E-state index in [9.17, 15) is 0 Å². The SMILES string of the molecule is CCN1CCN(c2ccccn2)CC(C)N(c2ccccn2)CC1. The van der Waals surface area contributed by atoms with Gasteiger partial charge in [0.15, 0.2) is 0 Å². The van der Waals surface area contributed by atoms with E-state index in [1.807, 2.05) is 24.5 Å². The molecule has 0 saturated carbocycles. The zero-order valence-electron chi connectivity index (χ0n) is 14.7. The first-order valence-electron chi connectivity index (χ1n) is 8.84. The predicted molar refractivity (Wildman–Crippen MR) is 99.6 cm³/mol. The van der Waals surface area contributed by atoms with Crippen LogP contribution in [0.4, 0.5) is 11.6 Å². The average Bonchev–Trinajstić information content (AvgIpc) is 2.72. The van der Waals surface area contributed by atoms with Crippen LogP contribution >= 0.6 is 0 Å². The molecule has 2 aromatic heterocycles. The minimum absolute atomic E-state index is 0.374. The molecule has 1 aliphatic rings. The Morgan fingerprint density at radius 3 is 2.21 bits per heavy atom. The van der Waals surface area contributed by atoms with Gasteiger partial charge in [0.25, 0.3) is 0 Å². The first-order valence-corrected chi connectivity index (χ1v) is 8.84. The lowest BCUT2D eigenvalue weighted by atomic mass is 10.2. The van der Waals surface area contributed by atoms with Gasteiger partial charge in [-0.25, -0.2) is 9.97 Å². The Hall–Kier alpha value is -2.14. The fourth-order valence-electron chi connectivity index (χ4n) is 3.28. The van der Waals surface area contributed by atoms with E-state index < -0.39 is 0 Å². The lowest BCUT2D eigenvalue weighted by molar-refractivity contribution is 0.303. The predicted octanol–water partition coefficient (Wildman–Crippen LogP) is 2.51. The van der Waals surface area contributed by atoms with E-state index in [1.54, 1.807) is 0 Å². The van der Waals surface area contributed by atoms with Gasteiger partial charge in [0.05, 0.1) is 0 Å². The summed E-state index contributed by atoms with van der Waals surface area (Å²) in [6.45, 7) is 10.7. The highest BCUT2D eigenvalue weighted by molar-refractivity contribution is 5.42. The second kappa shape index (κ2) is 8.11. The van der Waals surface area contributed by atoms with Gasteiger partial charge in [-0.15, -0.1) is 0 Å². The zero-order chi connectivity index (χ0) is 16.8. The van der Waals surface area contributed by atoms with E-state index in [-0.39, 0.29) is 0 Å². The summed E-state index contributed by atoms with van der Waals surface area (Å²) < 4.78 is 0. The van der Waals surface area contributed by atoms with Gasteiger partial charge in [-0.2, -0.15) is 0 Å². The Morgan fingerprint density at radius 2 is 1.58 bits per heavy atom. The van der Waals surface area contributed by atoms with Gasteiger partial charge in [0.1, 0.15) is 11.6 Å². The lowest BCUT2D eigenvalue weighted by Crippen LogP contribution is -2.44. The van der Waals surface area contributed by atoms with E-state index in [2.05, 4.69) is 62.8 Å². The summed E-state index contributed by atoms with van der Waals surface area (Å²) in [5.74, 6) is 2.12. The Bertz CT molecular complexity index is 604. The number of hydrogen-bond donors (Lipinski definition) is 0. The first-order chi connectivity index (χ1) is 11.8. The minimum Gasteiger partial charge on any atom is -0.353 e. The second-order valence-corrected chi connectivity index (χ2v) is 6.30. The smallest absolute Gasteiger partial charge is 0.128 e. The molecule has 0 N–H and O–H groups in total. The summed E-state index contributed by atoms with van der Waals surface area (Å²) in [4.78, 5) is 16.5. The highest BCUT2D eigenvalue weighted by atomic mass is 15.3. The van der Waals surface area contributed by atoms with Crippen LogP contribution in [0.15, 0.2) is 48.8 Å². The third-order valence-corrected chi connectivity index (χ3v) is 4.72. The van der Waals surface area contributed by atoms with Gasteiger partial charge < -0.3 is 14.7 Å². The number of nitrogens with zero attached hydrogens (tertiary/aromatic N) is 5. The van der Waals surface area contributed by atoms with Crippen molar-refractivity contribution in [3.63, 3.8) is 0 Å². The molecule has 0 bridgehead atoms. The van der Waals surface area contributed by atoms with Crippen LogP contribution in [-0.4, -0.2) is 60.2 Å². The summed E-state index contributed by atoms with van der Waals surface area (Å²) in [6.07, 6.45) is 3.75. The van der Waals surface area contributed by atoms with Gasteiger partial charge in [-0.1, -0.05) is 19.1 Å². The van der Waals surface area contributed by atoms with Crippen LogP contribution in [0, 0.1) is 0 Å². The van der Waals surface area contributed by atoms with Crippen LogP contribution in [0.25, 0.3) is 0 Å². The van der Waals surface area contributed by atoms with Crippen molar-refractivity contribution >= 4 is 11.6 Å². The lowest BCUT2D eigenvalue weighted by Gasteiger charge is -2.33. The van der Waals surface area contributed by atoms with E-state index in [0.29, 0.717) is 6.04 Å². The van der Waals surface area contributed by atoms with E-state index >= 15 is 0 Å². The summed E-state index contributed by atoms with van der Waals surface area (Å²) in [6, 6.07) is 12.7. The number of pyridine rings is 2. The number of likely N-dealkylation sites (N-methyl/N-ethyl adjacent to an activating group) is 1. The molecule has 1 unspecified atom stereocenters. The molecule has 1 atom stereocenters. The molecule has 3 rings (SSSR count). The Balaban J connectivity index is 1.85. The van der Waals surface area contributed by atoms with Gasteiger partial charge >= 0.3 is 0 Å².